The molecule has 6 rings (SSSR count). The zero-order valence-corrected chi connectivity index (χ0v) is 30.6. The predicted molar refractivity (Wildman–Crippen MR) is 176 cm³/mol. The smallest absolute Gasteiger partial charge is 0.338 e. The highest BCUT2D eigenvalue weighted by Gasteiger charge is 2.86. The summed E-state index contributed by atoms with van der Waals surface area (Å²) in [4.78, 5) is 94.4. The van der Waals surface area contributed by atoms with Gasteiger partial charge in [-0.05, 0) is 44.7 Å². The molecule has 3 unspecified atom stereocenters. The van der Waals surface area contributed by atoms with Crippen LogP contribution < -0.4 is 0 Å². The van der Waals surface area contributed by atoms with Crippen molar-refractivity contribution in [3.8, 4) is 0 Å². The zero-order chi connectivity index (χ0) is 38.1. The highest BCUT2D eigenvalue weighted by atomic mass is 16.6. The predicted octanol–water partition coefficient (Wildman–Crippen LogP) is 3.30. The number of ether oxygens (including phenoxy) is 7. The molecule has 0 aromatic heterocycles. The van der Waals surface area contributed by atoms with E-state index >= 15 is 4.79 Å². The number of fused-ring (bicyclic) bond motifs is 2. The maximum atomic E-state index is 15.5. The number of rotatable bonds is 8. The van der Waals surface area contributed by atoms with Crippen LogP contribution >= 0.6 is 0 Å². The van der Waals surface area contributed by atoms with Crippen LogP contribution in [0.4, 0.5) is 0 Å². The molecule has 1 aliphatic heterocycles. The molecule has 1 heterocycles. The van der Waals surface area contributed by atoms with Gasteiger partial charge < -0.3 is 33.2 Å². The summed E-state index contributed by atoms with van der Waals surface area (Å²) in [6.07, 6.45) is -5.43. The summed E-state index contributed by atoms with van der Waals surface area (Å²) in [7, 11) is 0. The lowest BCUT2D eigenvalue weighted by molar-refractivity contribution is -0.258. The van der Waals surface area contributed by atoms with Gasteiger partial charge in [-0.3, -0.25) is 28.8 Å². The minimum absolute atomic E-state index is 0.0162. The van der Waals surface area contributed by atoms with Gasteiger partial charge in [0.1, 0.15) is 23.4 Å². The fraction of sp³-hybridized carbons (Fsp3) is 0.658. The summed E-state index contributed by atoms with van der Waals surface area (Å²) in [5.41, 5.74) is -6.46. The van der Waals surface area contributed by atoms with Crippen molar-refractivity contribution in [3.63, 3.8) is 0 Å². The first-order valence-corrected chi connectivity index (χ1v) is 17.7. The molecule has 282 valence electrons. The fourth-order valence-electron chi connectivity index (χ4n) is 10.7. The Morgan fingerprint density at radius 1 is 0.808 bits per heavy atom. The van der Waals surface area contributed by atoms with E-state index < -0.39 is 124 Å². The van der Waals surface area contributed by atoms with Gasteiger partial charge in [-0.25, -0.2) is 4.79 Å². The molecule has 52 heavy (non-hydrogen) atoms. The average Bonchev–Trinajstić information content (AvgIpc) is 3.48. The highest BCUT2D eigenvalue weighted by Crippen LogP contribution is 2.73. The SMILES string of the molecule is CCC(=O)O[C@@H]1C2[C@@H](OC(C)=O)[C@]34CO[C@@](C)([C@@H]3C3C(C[C@]3(C)OC(C)=O)[C@@H](OC(=O)c3ccccc3)C4=O)[C@H](OC(C)=O)[C@@]2(OC(C)=O)C[C@@H]1C. The summed E-state index contributed by atoms with van der Waals surface area (Å²) < 4.78 is 43.5. The number of ketones is 1. The molecular weight excluding hydrogens is 680 g/mol. The van der Waals surface area contributed by atoms with Gasteiger partial charge in [0.15, 0.2) is 23.6 Å². The molecule has 5 fully saturated rings. The second-order valence-electron chi connectivity index (χ2n) is 15.4. The van der Waals surface area contributed by atoms with E-state index in [1.807, 2.05) is 0 Å². The van der Waals surface area contributed by atoms with E-state index in [0.717, 1.165) is 6.92 Å². The number of hydrogen-bond donors (Lipinski definition) is 0. The molecule has 4 aliphatic carbocycles. The van der Waals surface area contributed by atoms with Crippen LogP contribution in [0.3, 0.4) is 0 Å². The van der Waals surface area contributed by atoms with Crippen molar-refractivity contribution in [2.75, 3.05) is 6.61 Å². The summed E-state index contributed by atoms with van der Waals surface area (Å²) in [5.74, 6) is -9.31. The van der Waals surface area contributed by atoms with Crippen molar-refractivity contribution in [1.82, 2.24) is 0 Å². The van der Waals surface area contributed by atoms with Crippen LogP contribution in [-0.4, -0.2) is 89.4 Å². The van der Waals surface area contributed by atoms with Gasteiger partial charge in [-0.1, -0.05) is 32.0 Å². The maximum Gasteiger partial charge on any atom is 0.338 e. The van der Waals surface area contributed by atoms with Gasteiger partial charge in [-0.2, -0.15) is 0 Å². The van der Waals surface area contributed by atoms with E-state index in [1.54, 1.807) is 58.0 Å². The molecule has 5 aliphatic rings. The third kappa shape index (κ3) is 5.50. The Labute approximate surface area is 301 Å². The van der Waals surface area contributed by atoms with Crippen molar-refractivity contribution < 1.29 is 66.7 Å². The number of esters is 6. The lowest BCUT2D eigenvalue weighted by Gasteiger charge is -2.64. The lowest BCUT2D eigenvalue weighted by Crippen LogP contribution is -2.75. The number of carbonyl (C=O) groups is 7. The first-order chi connectivity index (χ1) is 24.4. The Morgan fingerprint density at radius 2 is 1.44 bits per heavy atom. The molecule has 0 radical (unpaired) electrons. The Bertz CT molecular complexity index is 1690. The molecule has 14 nitrogen and oxygen atoms in total. The monoisotopic (exact) mass is 726 g/mol. The molecule has 1 saturated heterocycles. The number of Topliss-reactive ketones (excluding diaryl/α,β-unsaturated/α-hetero) is 1. The van der Waals surface area contributed by atoms with Crippen molar-refractivity contribution in [2.24, 2.45) is 35.0 Å². The quantitative estimate of drug-likeness (QED) is 0.281. The topological polar surface area (TPSA) is 184 Å². The minimum atomic E-state index is -1.88. The summed E-state index contributed by atoms with van der Waals surface area (Å²) in [5, 5.41) is 0. The van der Waals surface area contributed by atoms with Gasteiger partial charge in [0.05, 0.1) is 23.5 Å². The molecule has 0 N–H and O–H groups in total. The minimum Gasteiger partial charge on any atom is -0.461 e. The summed E-state index contributed by atoms with van der Waals surface area (Å²) >= 11 is 0. The van der Waals surface area contributed by atoms with Gasteiger partial charge in [0.2, 0.25) is 0 Å². The third-order valence-corrected chi connectivity index (χ3v) is 12.1. The Morgan fingerprint density at radius 3 is 2.02 bits per heavy atom. The molecule has 1 aromatic carbocycles. The molecule has 2 bridgehead atoms. The van der Waals surface area contributed by atoms with Crippen molar-refractivity contribution in [3.05, 3.63) is 35.9 Å². The van der Waals surface area contributed by atoms with Gasteiger partial charge >= 0.3 is 35.8 Å². The number of hydrogen-bond acceptors (Lipinski definition) is 14. The molecule has 13 atom stereocenters. The van der Waals surface area contributed by atoms with E-state index in [2.05, 4.69) is 0 Å². The van der Waals surface area contributed by atoms with Crippen LogP contribution in [0.5, 0.6) is 0 Å². The van der Waals surface area contributed by atoms with Gasteiger partial charge in [0.25, 0.3) is 0 Å². The van der Waals surface area contributed by atoms with Gasteiger partial charge in [0, 0.05) is 51.9 Å². The highest BCUT2D eigenvalue weighted by molar-refractivity contribution is 5.97. The van der Waals surface area contributed by atoms with Crippen LogP contribution in [0.25, 0.3) is 0 Å². The van der Waals surface area contributed by atoms with Crippen LogP contribution in [0.2, 0.25) is 0 Å². The first-order valence-electron chi connectivity index (χ1n) is 17.7. The van der Waals surface area contributed by atoms with Gasteiger partial charge in [-0.15, -0.1) is 0 Å². The average molecular weight is 727 g/mol. The second kappa shape index (κ2) is 13.0. The number of carbonyl (C=O) groups excluding carboxylic acids is 7. The summed E-state index contributed by atoms with van der Waals surface area (Å²) in [6.45, 7) is 11.1. The molecule has 4 saturated carbocycles. The van der Waals surface area contributed by atoms with Crippen molar-refractivity contribution >= 4 is 41.6 Å². The van der Waals surface area contributed by atoms with Crippen LogP contribution in [0.1, 0.15) is 85.0 Å². The molecular formula is C38H46O14. The van der Waals surface area contributed by atoms with Crippen LogP contribution in [0, 0.1) is 35.0 Å². The number of benzene rings is 1. The standard InChI is InChI=1S/C38H46O14/c1-9-25(43)49-28-18(2)15-38(52-22(6)42)27(28)32(47-19(3)39)37-17-46-36(8,34(38)48-20(4)40)30(37)26-24(16-35(26,7)51-21(5)41)29(31(37)44)50-33(45)23-13-11-10-12-14-23/h10-14,18,24,26-30,32,34H,9,15-17H2,1-8H3/t18-,24?,26?,27?,28-,29+,30-,32+,34-,35-,36-,37+,38+/m0/s1. The molecule has 0 amide bonds. The Hall–Kier alpha value is -4.33. The Kier molecular flexibility index (Phi) is 9.33. The third-order valence-electron chi connectivity index (χ3n) is 12.1. The molecule has 14 heteroatoms. The second-order valence-corrected chi connectivity index (χ2v) is 15.4. The van der Waals surface area contributed by atoms with Crippen LogP contribution in [-0.2, 0) is 61.9 Å². The van der Waals surface area contributed by atoms with Crippen molar-refractivity contribution in [1.29, 1.82) is 0 Å². The largest absolute Gasteiger partial charge is 0.461 e. The van der Waals surface area contributed by atoms with E-state index in [-0.39, 0.29) is 24.8 Å². The van der Waals surface area contributed by atoms with E-state index in [9.17, 15) is 28.8 Å². The Balaban J connectivity index is 1.66. The normalized spacial score (nSPS) is 41.1. The van der Waals surface area contributed by atoms with Crippen molar-refractivity contribution in [2.45, 2.75) is 116 Å². The first kappa shape index (κ1) is 37.4. The molecule has 0 spiro atoms. The van der Waals surface area contributed by atoms with E-state index in [1.165, 1.54) is 20.8 Å². The zero-order valence-electron chi connectivity index (χ0n) is 30.6. The van der Waals surface area contributed by atoms with E-state index in [4.69, 9.17) is 33.2 Å². The molecule has 1 aromatic rings. The van der Waals surface area contributed by atoms with Crippen LogP contribution in [0.15, 0.2) is 30.3 Å². The lowest BCUT2D eigenvalue weighted by atomic mass is 9.42. The van der Waals surface area contributed by atoms with E-state index in [0.29, 0.717) is 0 Å². The summed E-state index contributed by atoms with van der Waals surface area (Å²) in [6, 6.07) is 8.12. The maximum absolute atomic E-state index is 15.5. The fourth-order valence-corrected chi connectivity index (χ4v) is 10.7.